The van der Waals surface area contributed by atoms with Crippen LogP contribution >= 0.6 is 0 Å². The van der Waals surface area contributed by atoms with Gasteiger partial charge in [-0.15, -0.1) is 0 Å². The van der Waals surface area contributed by atoms with Crippen molar-refractivity contribution in [3.63, 3.8) is 0 Å². The van der Waals surface area contributed by atoms with E-state index in [4.69, 9.17) is 4.74 Å². The fourth-order valence-corrected chi connectivity index (χ4v) is 3.50. The number of fused-ring (bicyclic) bond motifs is 2. The predicted molar refractivity (Wildman–Crippen MR) is 95.3 cm³/mol. The standard InChI is InChI=1S/C21H21NO2/c23-21(12-14-22-13-11-17-6-3-4-8-20(17)22)24-19-10-9-16-5-1-2-7-18(16)15-19/h3-4,6,8-11,13,15H,1-2,5,7,12,14H2. The van der Waals surface area contributed by atoms with Gasteiger partial charge in [0.15, 0.2) is 0 Å². The summed E-state index contributed by atoms with van der Waals surface area (Å²) in [6, 6.07) is 16.3. The number of carbonyl (C=O) groups is 1. The van der Waals surface area contributed by atoms with E-state index in [2.05, 4.69) is 28.8 Å². The minimum absolute atomic E-state index is 0.177. The van der Waals surface area contributed by atoms with Gasteiger partial charge in [0.25, 0.3) is 0 Å². The Morgan fingerprint density at radius 2 is 1.83 bits per heavy atom. The second kappa shape index (κ2) is 6.52. The lowest BCUT2D eigenvalue weighted by Gasteiger charge is -2.16. The van der Waals surface area contributed by atoms with Crippen LogP contribution in [0, 0.1) is 0 Å². The average Bonchev–Trinajstić information content (AvgIpc) is 3.03. The summed E-state index contributed by atoms with van der Waals surface area (Å²) < 4.78 is 7.64. The van der Waals surface area contributed by atoms with E-state index in [1.54, 1.807) is 0 Å². The summed E-state index contributed by atoms with van der Waals surface area (Å²) in [6.45, 7) is 0.636. The van der Waals surface area contributed by atoms with Crippen LogP contribution in [0.2, 0.25) is 0 Å². The maximum atomic E-state index is 12.2. The van der Waals surface area contributed by atoms with Crippen molar-refractivity contribution in [2.45, 2.75) is 38.6 Å². The molecule has 2 aromatic carbocycles. The zero-order valence-corrected chi connectivity index (χ0v) is 13.7. The van der Waals surface area contributed by atoms with Crippen LogP contribution in [0.15, 0.2) is 54.7 Å². The molecule has 0 saturated heterocycles. The summed E-state index contributed by atoms with van der Waals surface area (Å²) >= 11 is 0. The van der Waals surface area contributed by atoms with Gasteiger partial charge in [0, 0.05) is 18.3 Å². The number of nitrogens with zero attached hydrogens (tertiary/aromatic N) is 1. The van der Waals surface area contributed by atoms with Gasteiger partial charge in [0.05, 0.1) is 6.42 Å². The molecule has 0 unspecified atom stereocenters. The minimum atomic E-state index is -0.177. The third kappa shape index (κ3) is 3.07. The second-order valence-electron chi connectivity index (χ2n) is 6.43. The average molecular weight is 319 g/mol. The number of ether oxygens (including phenoxy) is 1. The van der Waals surface area contributed by atoms with E-state index in [9.17, 15) is 4.79 Å². The lowest BCUT2D eigenvalue weighted by molar-refractivity contribution is -0.134. The molecule has 0 saturated carbocycles. The Labute approximate surface area is 141 Å². The van der Waals surface area contributed by atoms with Crippen molar-refractivity contribution in [3.05, 3.63) is 65.9 Å². The Balaban J connectivity index is 1.40. The van der Waals surface area contributed by atoms with Gasteiger partial charge in [0.2, 0.25) is 0 Å². The van der Waals surface area contributed by atoms with Crippen LogP contribution in [0.3, 0.4) is 0 Å². The Morgan fingerprint density at radius 3 is 2.75 bits per heavy atom. The van der Waals surface area contributed by atoms with Gasteiger partial charge in [-0.05, 0) is 66.5 Å². The Bertz CT molecular complexity index is 878. The number of aryl methyl sites for hydroxylation is 3. The molecule has 24 heavy (non-hydrogen) atoms. The molecule has 122 valence electrons. The smallest absolute Gasteiger partial charge is 0.312 e. The third-order valence-corrected chi connectivity index (χ3v) is 4.79. The summed E-state index contributed by atoms with van der Waals surface area (Å²) in [4.78, 5) is 12.2. The highest BCUT2D eigenvalue weighted by Crippen LogP contribution is 2.25. The van der Waals surface area contributed by atoms with Crippen LogP contribution < -0.4 is 4.74 Å². The molecule has 4 rings (SSSR count). The molecule has 0 aliphatic heterocycles. The molecule has 1 aliphatic carbocycles. The Hall–Kier alpha value is -2.55. The second-order valence-corrected chi connectivity index (χ2v) is 6.43. The van der Waals surface area contributed by atoms with Crippen LogP contribution in [-0.2, 0) is 24.2 Å². The van der Waals surface area contributed by atoms with Gasteiger partial charge in [-0.1, -0.05) is 24.3 Å². The molecule has 1 aliphatic rings. The lowest BCUT2D eigenvalue weighted by Crippen LogP contribution is -2.12. The van der Waals surface area contributed by atoms with E-state index < -0.39 is 0 Å². The highest BCUT2D eigenvalue weighted by Gasteiger charge is 2.12. The first-order valence-corrected chi connectivity index (χ1v) is 8.66. The normalized spacial score (nSPS) is 13.7. The lowest BCUT2D eigenvalue weighted by atomic mass is 9.92. The molecule has 1 heterocycles. The highest BCUT2D eigenvalue weighted by molar-refractivity contribution is 5.80. The summed E-state index contributed by atoms with van der Waals surface area (Å²) in [5, 5.41) is 1.19. The molecule has 0 radical (unpaired) electrons. The molecule has 0 spiro atoms. The number of rotatable bonds is 4. The molecule has 3 heteroatoms. The van der Waals surface area contributed by atoms with Crippen LogP contribution in [0.4, 0.5) is 0 Å². The van der Waals surface area contributed by atoms with E-state index in [-0.39, 0.29) is 5.97 Å². The fraction of sp³-hybridized carbons (Fsp3) is 0.286. The van der Waals surface area contributed by atoms with Crippen LogP contribution in [0.1, 0.15) is 30.4 Å². The Kier molecular flexibility index (Phi) is 4.08. The van der Waals surface area contributed by atoms with Crippen LogP contribution in [0.25, 0.3) is 10.9 Å². The van der Waals surface area contributed by atoms with Gasteiger partial charge >= 0.3 is 5.97 Å². The van der Waals surface area contributed by atoms with Crippen molar-refractivity contribution in [2.75, 3.05) is 0 Å². The first-order valence-electron chi connectivity index (χ1n) is 8.66. The number of benzene rings is 2. The van der Waals surface area contributed by atoms with Gasteiger partial charge in [-0.25, -0.2) is 0 Å². The van der Waals surface area contributed by atoms with Crippen LogP contribution in [-0.4, -0.2) is 10.5 Å². The Morgan fingerprint density at radius 1 is 1.00 bits per heavy atom. The zero-order chi connectivity index (χ0) is 16.4. The molecule has 0 amide bonds. The van der Waals surface area contributed by atoms with E-state index in [0.29, 0.717) is 18.7 Å². The first kappa shape index (κ1) is 15.0. The van der Waals surface area contributed by atoms with Gasteiger partial charge in [-0.3, -0.25) is 4.79 Å². The molecule has 3 aromatic rings. The fourth-order valence-electron chi connectivity index (χ4n) is 3.50. The molecule has 0 atom stereocenters. The van der Waals surface area contributed by atoms with Crippen molar-refractivity contribution in [2.24, 2.45) is 0 Å². The molecule has 3 nitrogen and oxygen atoms in total. The monoisotopic (exact) mass is 319 g/mol. The maximum absolute atomic E-state index is 12.2. The number of esters is 1. The van der Waals surface area contributed by atoms with Crippen LogP contribution in [0.5, 0.6) is 5.75 Å². The van der Waals surface area contributed by atoms with Crippen molar-refractivity contribution in [1.82, 2.24) is 4.57 Å². The quantitative estimate of drug-likeness (QED) is 0.523. The predicted octanol–water partition coefficient (Wildman–Crippen LogP) is 4.52. The first-order chi connectivity index (χ1) is 11.8. The number of carbonyl (C=O) groups excluding carboxylic acids is 1. The molecule has 0 fully saturated rings. The minimum Gasteiger partial charge on any atom is -0.426 e. The summed E-state index contributed by atoms with van der Waals surface area (Å²) in [5.41, 5.74) is 3.89. The topological polar surface area (TPSA) is 31.2 Å². The molecular weight excluding hydrogens is 298 g/mol. The molecular formula is C21H21NO2. The van der Waals surface area contributed by atoms with E-state index in [0.717, 1.165) is 18.4 Å². The number of hydrogen-bond donors (Lipinski definition) is 0. The number of hydrogen-bond acceptors (Lipinski definition) is 2. The summed E-state index contributed by atoms with van der Waals surface area (Å²) in [6.07, 6.45) is 7.12. The third-order valence-electron chi connectivity index (χ3n) is 4.79. The van der Waals surface area contributed by atoms with Crippen molar-refractivity contribution >= 4 is 16.9 Å². The van der Waals surface area contributed by atoms with Gasteiger partial charge in [-0.2, -0.15) is 0 Å². The van der Waals surface area contributed by atoms with Crippen molar-refractivity contribution in [1.29, 1.82) is 0 Å². The van der Waals surface area contributed by atoms with Crippen molar-refractivity contribution < 1.29 is 9.53 Å². The number of aromatic nitrogens is 1. The molecule has 0 N–H and O–H groups in total. The molecule has 1 aromatic heterocycles. The van der Waals surface area contributed by atoms with Crippen molar-refractivity contribution in [3.8, 4) is 5.75 Å². The van der Waals surface area contributed by atoms with Gasteiger partial charge in [0.1, 0.15) is 5.75 Å². The largest absolute Gasteiger partial charge is 0.426 e. The zero-order valence-electron chi connectivity index (χ0n) is 13.7. The van der Waals surface area contributed by atoms with E-state index >= 15 is 0 Å². The van der Waals surface area contributed by atoms with E-state index in [1.165, 1.54) is 29.4 Å². The SMILES string of the molecule is O=C(CCn1ccc2ccccc21)Oc1ccc2c(c1)CCCC2. The maximum Gasteiger partial charge on any atom is 0.312 e. The van der Waals surface area contributed by atoms with E-state index in [1.807, 2.05) is 30.5 Å². The summed E-state index contributed by atoms with van der Waals surface area (Å²) in [5.74, 6) is 0.501. The number of para-hydroxylation sites is 1. The molecule has 0 bridgehead atoms. The highest BCUT2D eigenvalue weighted by atomic mass is 16.5. The summed E-state index contributed by atoms with van der Waals surface area (Å²) in [7, 11) is 0. The van der Waals surface area contributed by atoms with Gasteiger partial charge < -0.3 is 9.30 Å².